The molecule has 1 aromatic carbocycles. The maximum absolute atomic E-state index is 12.9. The number of H-pyrrole nitrogens is 1. The number of halogens is 1. The van der Waals surface area contributed by atoms with Crippen LogP contribution in [0.1, 0.15) is 5.69 Å². The maximum atomic E-state index is 12.9. The van der Waals surface area contributed by atoms with Gasteiger partial charge in [-0.15, -0.1) is 5.10 Å². The lowest BCUT2D eigenvalue weighted by atomic mass is 10.3. The molecule has 0 atom stereocenters. The van der Waals surface area contributed by atoms with E-state index >= 15 is 0 Å². The highest BCUT2D eigenvalue weighted by molar-refractivity contribution is 7.98. The first-order chi connectivity index (χ1) is 10.1. The normalized spacial score (nSPS) is 11.0. The number of rotatable bonds is 4. The highest BCUT2D eigenvalue weighted by atomic mass is 32.2. The van der Waals surface area contributed by atoms with Gasteiger partial charge in [0.05, 0.1) is 5.69 Å². The van der Waals surface area contributed by atoms with Gasteiger partial charge in [-0.25, -0.2) is 13.8 Å². The zero-order valence-electron chi connectivity index (χ0n) is 11.0. The number of benzene rings is 1. The smallest absolute Gasteiger partial charge is 0.271 e. The second kappa shape index (κ2) is 5.52. The monoisotopic (exact) mass is 306 g/mol. The highest BCUT2D eigenvalue weighted by Crippen LogP contribution is 2.17. The quantitative estimate of drug-likeness (QED) is 0.731. The van der Waals surface area contributed by atoms with Crippen LogP contribution in [0.5, 0.6) is 0 Å². The number of thioether (sulfide) groups is 1. The Morgan fingerprint density at radius 3 is 2.76 bits per heavy atom. The third-order valence-corrected chi connectivity index (χ3v) is 3.86. The molecule has 0 saturated heterocycles. The van der Waals surface area contributed by atoms with Crippen LogP contribution in [-0.2, 0) is 12.8 Å². The summed E-state index contributed by atoms with van der Waals surface area (Å²) in [5.74, 6) is 0.182. The maximum Gasteiger partial charge on any atom is 0.271 e. The molecule has 0 fully saturated rings. The van der Waals surface area contributed by atoms with Gasteiger partial charge in [0.2, 0.25) is 5.16 Å². The van der Waals surface area contributed by atoms with Crippen molar-refractivity contribution in [2.75, 3.05) is 0 Å². The van der Waals surface area contributed by atoms with Gasteiger partial charge in [0, 0.05) is 24.6 Å². The van der Waals surface area contributed by atoms with E-state index in [1.54, 1.807) is 11.7 Å². The molecular weight excluding hydrogens is 295 g/mol. The van der Waals surface area contributed by atoms with Crippen molar-refractivity contribution in [2.45, 2.75) is 10.9 Å². The minimum atomic E-state index is -0.344. The lowest BCUT2D eigenvalue weighted by molar-refractivity contribution is 0.627. The minimum absolute atomic E-state index is 0.201. The first-order valence-corrected chi connectivity index (χ1v) is 7.04. The molecular formula is C12H11FN6OS. The van der Waals surface area contributed by atoms with Crippen LogP contribution < -0.4 is 5.56 Å². The van der Waals surface area contributed by atoms with Crippen molar-refractivity contribution in [1.29, 1.82) is 0 Å². The third kappa shape index (κ3) is 2.87. The van der Waals surface area contributed by atoms with Crippen molar-refractivity contribution in [2.24, 2.45) is 7.05 Å². The molecule has 0 aliphatic carbocycles. The van der Waals surface area contributed by atoms with E-state index in [1.807, 2.05) is 0 Å². The molecule has 0 aliphatic heterocycles. The Hall–Kier alpha value is -2.42. The van der Waals surface area contributed by atoms with Crippen LogP contribution in [0.25, 0.3) is 5.69 Å². The van der Waals surface area contributed by atoms with Crippen LogP contribution in [0.2, 0.25) is 0 Å². The molecule has 0 radical (unpaired) electrons. The molecule has 2 aromatic heterocycles. The van der Waals surface area contributed by atoms with Crippen molar-refractivity contribution in [3.05, 3.63) is 52.2 Å². The molecule has 0 spiro atoms. The van der Waals surface area contributed by atoms with E-state index in [1.165, 1.54) is 46.8 Å². The van der Waals surface area contributed by atoms with E-state index in [2.05, 4.69) is 20.6 Å². The van der Waals surface area contributed by atoms with Gasteiger partial charge in [0.1, 0.15) is 5.82 Å². The van der Waals surface area contributed by atoms with Crippen LogP contribution in [0.15, 0.2) is 40.3 Å². The summed E-state index contributed by atoms with van der Waals surface area (Å²) in [6.45, 7) is 0. The fourth-order valence-electron chi connectivity index (χ4n) is 1.79. The molecule has 1 N–H and O–H groups in total. The number of hydrogen-bond acceptors (Lipinski definition) is 5. The van der Waals surface area contributed by atoms with Gasteiger partial charge in [0.25, 0.3) is 5.56 Å². The molecule has 2 heterocycles. The van der Waals surface area contributed by atoms with Gasteiger partial charge in [-0.3, -0.25) is 9.89 Å². The number of aryl methyl sites for hydroxylation is 1. The van der Waals surface area contributed by atoms with E-state index in [-0.39, 0.29) is 11.4 Å². The van der Waals surface area contributed by atoms with Gasteiger partial charge < -0.3 is 0 Å². The number of nitrogens with one attached hydrogen (secondary N) is 1. The molecule has 9 heteroatoms. The highest BCUT2D eigenvalue weighted by Gasteiger charge is 2.08. The summed E-state index contributed by atoms with van der Waals surface area (Å²) in [5.41, 5.74) is 1.11. The Labute approximate surface area is 122 Å². The first kappa shape index (κ1) is 13.6. The summed E-state index contributed by atoms with van der Waals surface area (Å²) >= 11 is 1.41. The third-order valence-electron chi connectivity index (χ3n) is 2.80. The van der Waals surface area contributed by atoms with Crippen LogP contribution in [-0.4, -0.2) is 30.0 Å². The summed E-state index contributed by atoms with van der Waals surface area (Å²) in [7, 11) is 1.74. The summed E-state index contributed by atoms with van der Waals surface area (Å²) in [6.07, 6.45) is 0. The van der Waals surface area contributed by atoms with Gasteiger partial charge in [-0.2, -0.15) is 0 Å². The SMILES string of the molecule is Cn1nnnc1SCc1cc(=O)n(-c2ccc(F)cc2)[nH]1. The molecule has 108 valence electrons. The molecule has 0 saturated carbocycles. The molecule has 0 amide bonds. The Balaban J connectivity index is 1.80. The van der Waals surface area contributed by atoms with E-state index in [9.17, 15) is 9.18 Å². The predicted octanol–water partition coefficient (Wildman–Crippen LogP) is 1.12. The van der Waals surface area contributed by atoms with Crippen molar-refractivity contribution in [3.63, 3.8) is 0 Å². The van der Waals surface area contributed by atoms with Crippen LogP contribution in [0.4, 0.5) is 4.39 Å². The van der Waals surface area contributed by atoms with Crippen molar-refractivity contribution >= 4 is 11.8 Å². The summed E-state index contributed by atoms with van der Waals surface area (Å²) in [5, 5.41) is 14.8. The van der Waals surface area contributed by atoms with Crippen molar-refractivity contribution < 1.29 is 4.39 Å². The van der Waals surface area contributed by atoms with Gasteiger partial charge in [0.15, 0.2) is 0 Å². The molecule has 3 aromatic rings. The second-order valence-corrected chi connectivity index (χ2v) is 5.25. The van der Waals surface area contributed by atoms with Crippen molar-refractivity contribution in [1.82, 2.24) is 30.0 Å². The summed E-state index contributed by atoms with van der Waals surface area (Å²) in [6, 6.07) is 7.19. The van der Waals surface area contributed by atoms with Gasteiger partial charge in [-0.1, -0.05) is 11.8 Å². The number of aromatic amines is 1. The fourth-order valence-corrected chi connectivity index (χ4v) is 2.54. The molecule has 0 aliphatic rings. The molecule has 21 heavy (non-hydrogen) atoms. The van der Waals surface area contributed by atoms with E-state index in [0.29, 0.717) is 16.6 Å². The van der Waals surface area contributed by atoms with Gasteiger partial charge >= 0.3 is 0 Å². The van der Waals surface area contributed by atoms with Crippen LogP contribution in [0.3, 0.4) is 0 Å². The lowest BCUT2D eigenvalue weighted by Gasteiger charge is -2.01. The number of tetrazole rings is 1. The molecule has 0 unspecified atom stereocenters. The number of nitrogens with zero attached hydrogens (tertiary/aromatic N) is 5. The number of aromatic nitrogens is 6. The Morgan fingerprint density at radius 1 is 1.33 bits per heavy atom. The molecule has 3 rings (SSSR count). The van der Waals surface area contributed by atoms with Crippen molar-refractivity contribution in [3.8, 4) is 5.69 Å². The largest absolute Gasteiger partial charge is 0.294 e. The zero-order valence-corrected chi connectivity index (χ0v) is 11.8. The molecule has 0 bridgehead atoms. The number of hydrogen-bond donors (Lipinski definition) is 1. The van der Waals surface area contributed by atoms with E-state index in [4.69, 9.17) is 0 Å². The van der Waals surface area contributed by atoms with Gasteiger partial charge in [-0.05, 0) is 34.7 Å². The first-order valence-electron chi connectivity index (χ1n) is 6.05. The lowest BCUT2D eigenvalue weighted by Crippen LogP contribution is -2.13. The topological polar surface area (TPSA) is 81.4 Å². The molecule has 7 nitrogen and oxygen atoms in total. The Bertz CT molecular complexity index is 806. The minimum Gasteiger partial charge on any atom is -0.294 e. The Kier molecular flexibility index (Phi) is 3.57. The average Bonchev–Trinajstić information content (AvgIpc) is 3.04. The fraction of sp³-hybridized carbons (Fsp3) is 0.167. The van der Waals surface area contributed by atoms with E-state index < -0.39 is 0 Å². The Morgan fingerprint density at radius 2 is 2.10 bits per heavy atom. The van der Waals surface area contributed by atoms with Crippen LogP contribution >= 0.6 is 11.8 Å². The standard InChI is InChI=1S/C12H11FN6OS/c1-18-12(14-16-17-18)21-7-9-6-11(20)19(15-9)10-4-2-8(13)3-5-10/h2-6,15H,7H2,1H3. The zero-order chi connectivity index (χ0) is 14.8. The second-order valence-electron chi connectivity index (χ2n) is 4.31. The summed E-state index contributed by atoms with van der Waals surface area (Å²) in [4.78, 5) is 11.9. The summed E-state index contributed by atoms with van der Waals surface area (Å²) < 4.78 is 15.8. The predicted molar refractivity (Wildman–Crippen MR) is 74.7 cm³/mol. The van der Waals surface area contributed by atoms with Crippen LogP contribution in [0, 0.1) is 5.82 Å². The average molecular weight is 306 g/mol. The van der Waals surface area contributed by atoms with E-state index in [0.717, 1.165) is 5.69 Å².